The van der Waals surface area contributed by atoms with Gasteiger partial charge in [0.1, 0.15) is 0 Å². The first kappa shape index (κ1) is 15.1. The quantitative estimate of drug-likeness (QED) is 0.947. The van der Waals surface area contributed by atoms with Gasteiger partial charge in [0, 0.05) is 24.0 Å². The summed E-state index contributed by atoms with van der Waals surface area (Å²) in [5, 5.41) is 0. The Morgan fingerprint density at radius 1 is 1.19 bits per heavy atom. The summed E-state index contributed by atoms with van der Waals surface area (Å²) >= 11 is 0. The van der Waals surface area contributed by atoms with Gasteiger partial charge in [-0.25, -0.2) is 0 Å². The molecule has 0 saturated carbocycles. The predicted molar refractivity (Wildman–Crippen MR) is 86.1 cm³/mol. The number of hydrogen-bond donors (Lipinski definition) is 1. The molecule has 21 heavy (non-hydrogen) atoms. The zero-order chi connectivity index (χ0) is 13.9. The summed E-state index contributed by atoms with van der Waals surface area (Å²) in [5.74, 6) is -0.370. The first-order valence-corrected chi connectivity index (χ1v) is 6.48. The van der Waals surface area contributed by atoms with Crippen LogP contribution in [-0.2, 0) is 11.3 Å². The molecule has 1 aliphatic rings. The lowest BCUT2D eigenvalue weighted by molar-refractivity contribution is -0.114. The average Bonchev–Trinajstić information content (AvgIpc) is 2.48. The van der Waals surface area contributed by atoms with E-state index in [0.717, 1.165) is 16.9 Å². The van der Waals surface area contributed by atoms with Crippen LogP contribution in [-0.4, -0.2) is 17.4 Å². The number of para-hydroxylation sites is 1. The lowest BCUT2D eigenvalue weighted by atomic mass is 10.0. The smallest absolute Gasteiger partial charge is 0.246 e. The molecule has 0 unspecified atom stereocenters. The molecule has 1 aromatic heterocycles. The number of nitrogens with two attached hydrogens (primary N) is 1. The molecule has 3 rings (SSSR count). The normalized spacial score (nSPS) is 13.0. The molecule has 5 heteroatoms. The number of primary amides is 1. The Labute approximate surface area is 129 Å². The molecule has 2 aromatic rings. The van der Waals surface area contributed by atoms with E-state index in [4.69, 9.17) is 5.73 Å². The van der Waals surface area contributed by atoms with Crippen molar-refractivity contribution in [2.75, 3.05) is 11.4 Å². The third kappa shape index (κ3) is 3.23. The number of pyridine rings is 1. The summed E-state index contributed by atoms with van der Waals surface area (Å²) in [7, 11) is 0. The molecule has 0 aliphatic carbocycles. The van der Waals surface area contributed by atoms with Crippen molar-refractivity contribution in [1.29, 1.82) is 0 Å². The number of anilines is 1. The van der Waals surface area contributed by atoms with Crippen molar-refractivity contribution in [3.8, 4) is 0 Å². The summed E-state index contributed by atoms with van der Waals surface area (Å²) in [6.45, 7) is 1.17. The third-order valence-corrected chi connectivity index (χ3v) is 3.36. The van der Waals surface area contributed by atoms with E-state index in [1.165, 1.54) is 0 Å². The van der Waals surface area contributed by atoms with Gasteiger partial charge in [0.25, 0.3) is 0 Å². The van der Waals surface area contributed by atoms with Crippen LogP contribution in [0, 0.1) is 0 Å². The minimum atomic E-state index is -0.370. The highest BCUT2D eigenvalue weighted by Crippen LogP contribution is 2.29. The highest BCUT2D eigenvalue weighted by atomic mass is 35.5. The van der Waals surface area contributed by atoms with Crippen molar-refractivity contribution in [2.45, 2.75) is 6.54 Å². The first-order chi connectivity index (χ1) is 9.74. The number of hydrogen-bond acceptors (Lipinski definition) is 3. The predicted octanol–water partition coefficient (Wildman–Crippen LogP) is 2.39. The van der Waals surface area contributed by atoms with Crippen molar-refractivity contribution in [3.63, 3.8) is 0 Å². The maximum Gasteiger partial charge on any atom is 0.246 e. The fourth-order valence-corrected chi connectivity index (χ4v) is 2.40. The van der Waals surface area contributed by atoms with Crippen molar-refractivity contribution in [3.05, 3.63) is 65.5 Å². The van der Waals surface area contributed by atoms with E-state index in [9.17, 15) is 4.79 Å². The number of benzene rings is 1. The lowest BCUT2D eigenvalue weighted by Crippen LogP contribution is -2.33. The Bertz CT molecular complexity index is 670. The Morgan fingerprint density at radius 2 is 1.95 bits per heavy atom. The van der Waals surface area contributed by atoms with Crippen LogP contribution in [0.3, 0.4) is 0 Å². The molecule has 1 aliphatic heterocycles. The van der Waals surface area contributed by atoms with E-state index < -0.39 is 0 Å². The maximum absolute atomic E-state index is 11.5. The second-order valence-corrected chi connectivity index (χ2v) is 4.77. The second kappa shape index (κ2) is 6.41. The van der Waals surface area contributed by atoms with Gasteiger partial charge in [-0.2, -0.15) is 0 Å². The summed E-state index contributed by atoms with van der Waals surface area (Å²) in [4.78, 5) is 17.9. The number of rotatable bonds is 3. The van der Waals surface area contributed by atoms with Crippen LogP contribution < -0.4 is 10.6 Å². The van der Waals surface area contributed by atoms with E-state index in [0.29, 0.717) is 18.7 Å². The lowest BCUT2D eigenvalue weighted by Gasteiger charge is -2.30. The monoisotopic (exact) mass is 301 g/mol. The highest BCUT2D eigenvalue weighted by Gasteiger charge is 2.20. The Kier molecular flexibility index (Phi) is 4.60. The van der Waals surface area contributed by atoms with Crippen LogP contribution in [0.5, 0.6) is 0 Å². The molecule has 0 radical (unpaired) electrons. The molecule has 108 valence electrons. The summed E-state index contributed by atoms with van der Waals surface area (Å²) < 4.78 is 0. The summed E-state index contributed by atoms with van der Waals surface area (Å²) in [6.07, 6.45) is 3.64. The van der Waals surface area contributed by atoms with Gasteiger partial charge in [0.2, 0.25) is 5.91 Å². The fraction of sp³-hybridized carbons (Fsp3) is 0.125. The number of aromatic nitrogens is 1. The standard InChI is InChI=1S/C16H15N3O.ClH/c17-16(20)13-9-12-5-1-2-7-15(12)19(10-13)11-14-6-3-4-8-18-14;/h1-9H,10-11H2,(H2,17,20);1H. The molecular formula is C16H16ClN3O. The van der Waals surface area contributed by atoms with Crippen LogP contribution in [0.4, 0.5) is 5.69 Å². The van der Waals surface area contributed by atoms with Crippen LogP contribution in [0.1, 0.15) is 11.3 Å². The van der Waals surface area contributed by atoms with Crippen LogP contribution in [0.15, 0.2) is 54.2 Å². The second-order valence-electron chi connectivity index (χ2n) is 4.77. The van der Waals surface area contributed by atoms with E-state index >= 15 is 0 Å². The van der Waals surface area contributed by atoms with E-state index in [1.54, 1.807) is 6.20 Å². The van der Waals surface area contributed by atoms with Gasteiger partial charge in [0.05, 0.1) is 12.2 Å². The zero-order valence-corrected chi connectivity index (χ0v) is 12.2. The van der Waals surface area contributed by atoms with Crippen molar-refractivity contribution >= 4 is 30.1 Å². The van der Waals surface area contributed by atoms with Gasteiger partial charge in [-0.05, 0) is 29.8 Å². The third-order valence-electron chi connectivity index (χ3n) is 3.36. The summed E-state index contributed by atoms with van der Waals surface area (Å²) in [5.41, 5.74) is 9.14. The van der Waals surface area contributed by atoms with Crippen LogP contribution >= 0.6 is 12.4 Å². The van der Waals surface area contributed by atoms with Gasteiger partial charge in [-0.15, -0.1) is 12.4 Å². The molecule has 1 amide bonds. The Morgan fingerprint density at radius 3 is 2.67 bits per heavy atom. The summed E-state index contributed by atoms with van der Waals surface area (Å²) in [6, 6.07) is 13.8. The first-order valence-electron chi connectivity index (χ1n) is 6.48. The number of halogens is 1. The minimum absolute atomic E-state index is 0. The molecular weight excluding hydrogens is 286 g/mol. The number of nitrogens with zero attached hydrogens (tertiary/aromatic N) is 2. The van der Waals surface area contributed by atoms with Crippen molar-refractivity contribution in [2.24, 2.45) is 5.73 Å². The molecule has 0 bridgehead atoms. The highest BCUT2D eigenvalue weighted by molar-refractivity contribution is 5.99. The molecule has 1 aromatic carbocycles. The van der Waals surface area contributed by atoms with Gasteiger partial charge in [-0.3, -0.25) is 9.78 Å². The molecule has 2 N–H and O–H groups in total. The number of carbonyl (C=O) groups is 1. The van der Waals surface area contributed by atoms with Gasteiger partial charge < -0.3 is 10.6 Å². The largest absolute Gasteiger partial charge is 0.366 e. The van der Waals surface area contributed by atoms with E-state index in [-0.39, 0.29) is 18.3 Å². The van der Waals surface area contributed by atoms with Crippen molar-refractivity contribution < 1.29 is 4.79 Å². The molecule has 2 heterocycles. The molecule has 4 nitrogen and oxygen atoms in total. The van der Waals surface area contributed by atoms with Gasteiger partial charge in [0.15, 0.2) is 0 Å². The number of amides is 1. The Balaban J connectivity index is 0.00000161. The average molecular weight is 302 g/mol. The number of carbonyl (C=O) groups excluding carboxylic acids is 1. The van der Waals surface area contributed by atoms with Gasteiger partial charge >= 0.3 is 0 Å². The molecule has 0 fully saturated rings. The Hall–Kier alpha value is -2.33. The van der Waals surface area contributed by atoms with E-state index in [1.807, 2.05) is 48.5 Å². The van der Waals surface area contributed by atoms with Crippen LogP contribution in [0.25, 0.3) is 6.08 Å². The topological polar surface area (TPSA) is 59.2 Å². The zero-order valence-electron chi connectivity index (χ0n) is 11.4. The maximum atomic E-state index is 11.5. The van der Waals surface area contributed by atoms with Gasteiger partial charge in [-0.1, -0.05) is 24.3 Å². The molecule has 0 saturated heterocycles. The number of fused-ring (bicyclic) bond motifs is 1. The van der Waals surface area contributed by atoms with Crippen LogP contribution in [0.2, 0.25) is 0 Å². The minimum Gasteiger partial charge on any atom is -0.366 e. The molecule has 0 spiro atoms. The SMILES string of the molecule is Cl.NC(=O)C1=Cc2ccccc2N(Cc2ccccn2)C1. The fourth-order valence-electron chi connectivity index (χ4n) is 2.40. The van der Waals surface area contributed by atoms with Crippen molar-refractivity contribution in [1.82, 2.24) is 4.98 Å². The van der Waals surface area contributed by atoms with E-state index in [2.05, 4.69) is 9.88 Å². The molecule has 0 atom stereocenters.